The first-order valence-corrected chi connectivity index (χ1v) is 18.7. The van der Waals surface area contributed by atoms with Crippen molar-refractivity contribution in [1.29, 1.82) is 0 Å². The molecular formula is C10H23BO4Se5-4. The van der Waals surface area contributed by atoms with Gasteiger partial charge in [-0.1, -0.05) is 6.08 Å². The summed E-state index contributed by atoms with van der Waals surface area (Å²) in [5, 5.41) is 25.3. The van der Waals surface area contributed by atoms with E-state index in [9.17, 15) is 9.90 Å². The quantitative estimate of drug-likeness (QED) is 0.358. The van der Waals surface area contributed by atoms with Crippen LogP contribution in [0.15, 0.2) is 12.0 Å². The molecule has 0 bridgehead atoms. The monoisotopic (exact) mass is 618 g/mol. The van der Waals surface area contributed by atoms with E-state index in [1.54, 1.807) is 0 Å². The van der Waals surface area contributed by atoms with Gasteiger partial charge in [-0.3, -0.25) is 0 Å². The van der Waals surface area contributed by atoms with E-state index in [0.29, 0.717) is 20.3 Å². The first-order chi connectivity index (χ1) is 8.95. The van der Waals surface area contributed by atoms with E-state index in [0.717, 1.165) is 32.3 Å². The van der Waals surface area contributed by atoms with Gasteiger partial charge in [0.05, 0.1) is 0 Å². The third-order valence-electron chi connectivity index (χ3n) is 0.681. The number of hydrogen-bond donors (Lipinski definition) is 2. The molecule has 0 aromatic rings. The second kappa shape index (κ2) is 49.9. The molecule has 2 N–H and O–H groups in total. The maximum Gasteiger partial charge on any atom is -1.00 e. The van der Waals surface area contributed by atoms with Gasteiger partial charge in [-0.05, 0) is 6.92 Å². The van der Waals surface area contributed by atoms with E-state index in [-0.39, 0.29) is 8.41 Å². The van der Waals surface area contributed by atoms with Gasteiger partial charge >= 0.3 is 124 Å². The molecule has 4 nitrogen and oxygen atoms in total. The third-order valence-corrected chi connectivity index (χ3v) is 6.14. The van der Waals surface area contributed by atoms with Gasteiger partial charge in [0.25, 0.3) is 0 Å². The van der Waals surface area contributed by atoms with Crippen LogP contribution in [-0.4, -0.2) is 97.8 Å². The Morgan fingerprint density at radius 3 is 1.35 bits per heavy atom. The summed E-state index contributed by atoms with van der Waals surface area (Å²) in [7, 11) is 0. The number of carboxylic acid groups (broad SMARTS) is 1. The zero-order chi connectivity index (χ0) is 16.7. The van der Waals surface area contributed by atoms with Crippen molar-refractivity contribution >= 4 is 87.6 Å². The number of carbonyl (C=O) groups is 1. The number of allylic oxidation sites excluding steroid dienone is 1. The number of hydrogen-bond acceptors (Lipinski definition) is 3. The topological polar surface area (TPSA) is 80.6 Å². The van der Waals surface area contributed by atoms with E-state index >= 15 is 0 Å². The smallest absolute Gasteiger partial charge is 1.00 e. The number of aliphatic carboxylic acids is 1. The van der Waals surface area contributed by atoms with Crippen LogP contribution in [0.25, 0.3) is 0 Å². The summed E-state index contributed by atoms with van der Waals surface area (Å²) in [6.07, 6.45) is 1.08. The molecule has 0 saturated carbocycles. The van der Waals surface area contributed by atoms with E-state index in [1.165, 1.54) is 6.92 Å². The van der Waals surface area contributed by atoms with Crippen molar-refractivity contribution in [3.8, 4) is 0 Å². The van der Waals surface area contributed by atoms with E-state index in [4.69, 9.17) is 10.2 Å². The summed E-state index contributed by atoms with van der Waals surface area (Å²) >= 11 is 7.51. The summed E-state index contributed by atoms with van der Waals surface area (Å²) in [5.41, 5.74) is 0. The van der Waals surface area contributed by atoms with Crippen molar-refractivity contribution in [2.75, 3.05) is 0 Å². The average Bonchev–Trinajstić information content (AvgIpc) is 2.44. The fraction of sp³-hybridized carbons (Fsp3) is 0.700. The molecule has 20 heavy (non-hydrogen) atoms. The summed E-state index contributed by atoms with van der Waals surface area (Å²) < 4.78 is 0. The summed E-state index contributed by atoms with van der Waals surface area (Å²) in [4.78, 5) is 9.61. The molecule has 124 valence electrons. The Balaban J connectivity index is -0.0000000323. The average molecular weight is 613 g/mol. The number of carboxylic acids is 1. The number of aliphatic hydroxyl groups is 1. The van der Waals surface area contributed by atoms with Crippen LogP contribution in [-0.2, 0) is 4.79 Å². The third kappa shape index (κ3) is 119. The van der Waals surface area contributed by atoms with Crippen molar-refractivity contribution in [3.05, 3.63) is 12.0 Å². The molecule has 0 amide bonds. The molecular weight excluding hydrogens is 590 g/mol. The SMILES string of the molecule is CC=C([O-])O.C[Se-].C[Se-].C[Se]CC(=O)O.C[Se][Se]C.[B-]. The zero-order valence-electron chi connectivity index (χ0n) is 12.6. The Bertz CT molecular complexity index is 168. The van der Waals surface area contributed by atoms with Crippen LogP contribution in [0.4, 0.5) is 0 Å². The second-order valence-corrected chi connectivity index (χ2v) is 12.3. The van der Waals surface area contributed by atoms with Crippen molar-refractivity contribution < 1.29 is 20.1 Å². The van der Waals surface area contributed by atoms with Gasteiger partial charge in [0.1, 0.15) is 0 Å². The van der Waals surface area contributed by atoms with E-state index in [1.807, 2.05) is 17.5 Å². The van der Waals surface area contributed by atoms with Gasteiger partial charge in [0.2, 0.25) is 0 Å². The van der Waals surface area contributed by atoms with Crippen LogP contribution in [0, 0.1) is 0 Å². The minimum Gasteiger partial charge on any atom is -1.00 e. The maximum absolute atomic E-state index is 9.61. The molecule has 10 heteroatoms. The fourth-order valence-electron chi connectivity index (χ4n) is 0.123. The van der Waals surface area contributed by atoms with Crippen molar-refractivity contribution in [3.63, 3.8) is 0 Å². The molecule has 0 fully saturated rings. The molecule has 4 radical (unpaired) electrons. The Morgan fingerprint density at radius 1 is 1.10 bits per heavy atom. The van der Waals surface area contributed by atoms with Crippen molar-refractivity contribution in [2.45, 2.75) is 41.4 Å². The van der Waals surface area contributed by atoms with Crippen LogP contribution < -0.4 is 5.11 Å². The Kier molecular flexibility index (Phi) is 93.8. The van der Waals surface area contributed by atoms with Crippen LogP contribution in [0.1, 0.15) is 6.92 Å². The molecule has 0 rings (SSSR count). The molecule has 0 unspecified atom stereocenters. The standard InChI is InChI=1S/C3H6O2Se.C3H6O2.C2H6Se2.2CH4Se.B/c1-6-2-3(4)5;1-2-3(4)5;1-3-4-2;2*1-2;/h2H2,1H3,(H,4,5);2,4-5H,1H3;1-2H3;2*2H,1H3;/q;;;;;-1/p-3. The molecule has 0 spiro atoms. The normalized spacial score (nSPS) is 7.50. The van der Waals surface area contributed by atoms with Crippen LogP contribution in [0.5, 0.6) is 0 Å². The van der Waals surface area contributed by atoms with Crippen LogP contribution in [0.2, 0.25) is 34.4 Å². The molecule has 0 heterocycles. The minimum absolute atomic E-state index is 0. The molecule has 0 saturated heterocycles. The predicted octanol–water partition coefficient (Wildman–Crippen LogP) is 0.439. The summed E-state index contributed by atoms with van der Waals surface area (Å²) in [6.45, 7) is 1.47. The van der Waals surface area contributed by atoms with Crippen LogP contribution >= 0.6 is 0 Å². The Labute approximate surface area is 159 Å². The van der Waals surface area contributed by atoms with Gasteiger partial charge in [-0.2, -0.15) is 0 Å². The van der Waals surface area contributed by atoms with Gasteiger partial charge in [-0.25, -0.2) is 0 Å². The zero-order valence-corrected chi connectivity index (χ0v) is 21.2. The van der Waals surface area contributed by atoms with Gasteiger partial charge in [-0.15, -0.1) is 0 Å². The fourth-order valence-corrected chi connectivity index (χ4v) is 0.642. The molecule has 0 aromatic heterocycles. The molecule has 0 aliphatic carbocycles. The number of aliphatic hydroxyl groups excluding tert-OH is 1. The predicted molar refractivity (Wildman–Crippen MR) is 92.7 cm³/mol. The Hall–Kier alpha value is 1.47. The molecule has 0 aliphatic heterocycles. The summed E-state index contributed by atoms with van der Waals surface area (Å²) in [6, 6.07) is 0. The first-order valence-electron chi connectivity index (χ1n) is 4.57. The number of rotatable bonds is 3. The second-order valence-electron chi connectivity index (χ2n) is 1.79. The van der Waals surface area contributed by atoms with Crippen LogP contribution in [0.3, 0.4) is 0 Å². The molecule has 0 aromatic carbocycles. The van der Waals surface area contributed by atoms with E-state index in [2.05, 4.69) is 43.7 Å². The first kappa shape index (κ1) is 37.6. The minimum atomic E-state index is -0.870. The van der Waals surface area contributed by atoms with E-state index < -0.39 is 11.9 Å². The van der Waals surface area contributed by atoms with Gasteiger partial charge in [0.15, 0.2) is 0 Å². The van der Waals surface area contributed by atoms with Crippen molar-refractivity contribution in [1.82, 2.24) is 0 Å². The molecule has 0 atom stereocenters. The Morgan fingerprint density at radius 2 is 1.35 bits per heavy atom. The van der Waals surface area contributed by atoms with Crippen molar-refractivity contribution in [2.24, 2.45) is 0 Å². The largest absolute Gasteiger partial charge is 1.00 e. The van der Waals surface area contributed by atoms with Gasteiger partial charge in [0, 0.05) is 5.95 Å². The maximum atomic E-state index is 9.61. The molecule has 0 aliphatic rings. The van der Waals surface area contributed by atoms with Gasteiger partial charge < -0.3 is 18.6 Å². The summed E-state index contributed by atoms with van der Waals surface area (Å²) in [5.74, 6) is 8.64.